The number of alkyl halides is 3. The Labute approximate surface area is 132 Å². The summed E-state index contributed by atoms with van der Waals surface area (Å²) in [4.78, 5) is 21.4. The number of aromatic amines is 1. The number of halogens is 3. The number of piperidine rings is 1. The lowest BCUT2D eigenvalue weighted by molar-refractivity contribution is -0.173. The summed E-state index contributed by atoms with van der Waals surface area (Å²) >= 11 is 0. The highest BCUT2D eigenvalue weighted by Gasteiger charge is 2.27. The maximum absolute atomic E-state index is 11.9. The zero-order chi connectivity index (χ0) is 16.9. The van der Waals surface area contributed by atoms with Crippen LogP contribution in [0.3, 0.4) is 0 Å². The van der Waals surface area contributed by atoms with Crippen LogP contribution in [0.2, 0.25) is 0 Å². The van der Waals surface area contributed by atoms with E-state index in [1.807, 2.05) is 0 Å². The summed E-state index contributed by atoms with van der Waals surface area (Å²) in [6.45, 7) is 0.485. The third kappa shape index (κ3) is 5.83. The number of hydrogen-bond acceptors (Lipinski definition) is 4. The number of H-pyrrole nitrogens is 1. The molecular formula is C14H21F3N4O2. The zero-order valence-corrected chi connectivity index (χ0v) is 12.9. The minimum absolute atomic E-state index is 0.0114. The second-order valence-corrected chi connectivity index (χ2v) is 5.68. The third-order valence-electron chi connectivity index (χ3n) is 3.74. The van der Waals surface area contributed by atoms with Crippen LogP contribution in [0.15, 0.2) is 6.20 Å². The van der Waals surface area contributed by atoms with Crippen molar-refractivity contribution >= 4 is 5.91 Å². The molecule has 2 N–H and O–H groups in total. The molecule has 0 atom stereocenters. The number of ether oxygens (including phenoxy) is 1. The lowest BCUT2D eigenvalue weighted by atomic mass is 9.97. The van der Waals surface area contributed by atoms with Gasteiger partial charge in [0.25, 0.3) is 5.91 Å². The zero-order valence-electron chi connectivity index (χ0n) is 12.9. The number of imidazole rings is 1. The third-order valence-corrected chi connectivity index (χ3v) is 3.74. The molecule has 0 aromatic carbocycles. The molecule has 0 radical (unpaired) electrons. The smallest absolute Gasteiger partial charge is 0.370 e. The average Bonchev–Trinajstić information content (AvgIpc) is 2.96. The van der Waals surface area contributed by atoms with Gasteiger partial charge in [0.15, 0.2) is 0 Å². The van der Waals surface area contributed by atoms with Gasteiger partial charge in [-0.1, -0.05) is 0 Å². The van der Waals surface area contributed by atoms with Crippen molar-refractivity contribution in [3.05, 3.63) is 17.7 Å². The van der Waals surface area contributed by atoms with Crippen LogP contribution in [0.4, 0.5) is 13.2 Å². The molecule has 9 heteroatoms. The fourth-order valence-corrected chi connectivity index (χ4v) is 2.46. The molecule has 0 bridgehead atoms. The molecule has 6 nitrogen and oxygen atoms in total. The fourth-order valence-electron chi connectivity index (χ4n) is 2.46. The lowest BCUT2D eigenvalue weighted by Gasteiger charge is -2.27. The van der Waals surface area contributed by atoms with Crippen molar-refractivity contribution in [3.8, 4) is 0 Å². The number of hydrogen-bond donors (Lipinski definition) is 2. The molecule has 1 fully saturated rings. The number of amides is 1. The first-order chi connectivity index (χ1) is 10.8. The van der Waals surface area contributed by atoms with Crippen LogP contribution in [-0.2, 0) is 4.74 Å². The minimum atomic E-state index is -4.35. The molecule has 1 aromatic heterocycles. The van der Waals surface area contributed by atoms with E-state index in [2.05, 4.69) is 32.0 Å². The van der Waals surface area contributed by atoms with Gasteiger partial charge in [0.1, 0.15) is 18.1 Å². The molecule has 1 amide bonds. The molecule has 2 heterocycles. The van der Waals surface area contributed by atoms with Gasteiger partial charge in [-0.05, 0) is 33.0 Å². The highest BCUT2D eigenvalue weighted by atomic mass is 19.4. The van der Waals surface area contributed by atoms with Crippen LogP contribution in [0.1, 0.15) is 35.1 Å². The normalized spacial score (nSPS) is 17.4. The van der Waals surface area contributed by atoms with Gasteiger partial charge in [-0.3, -0.25) is 4.79 Å². The monoisotopic (exact) mass is 334 g/mol. The van der Waals surface area contributed by atoms with E-state index in [0.717, 1.165) is 31.8 Å². The summed E-state index contributed by atoms with van der Waals surface area (Å²) in [5.41, 5.74) is 0.315. The average molecular weight is 334 g/mol. The van der Waals surface area contributed by atoms with Crippen molar-refractivity contribution in [2.45, 2.75) is 24.9 Å². The van der Waals surface area contributed by atoms with Gasteiger partial charge < -0.3 is 19.9 Å². The first kappa shape index (κ1) is 17.7. The Bertz CT molecular complexity index is 510. The Hall–Kier alpha value is -1.61. The number of rotatable bonds is 6. The molecule has 23 heavy (non-hydrogen) atoms. The van der Waals surface area contributed by atoms with E-state index in [9.17, 15) is 18.0 Å². The van der Waals surface area contributed by atoms with E-state index in [-0.39, 0.29) is 13.2 Å². The molecule has 1 aliphatic heterocycles. The largest absolute Gasteiger partial charge is 0.411 e. The van der Waals surface area contributed by atoms with Crippen molar-refractivity contribution < 1.29 is 22.7 Å². The van der Waals surface area contributed by atoms with Crippen molar-refractivity contribution in [1.29, 1.82) is 0 Å². The molecule has 0 saturated carbocycles. The van der Waals surface area contributed by atoms with Gasteiger partial charge in [0, 0.05) is 12.5 Å². The number of carbonyl (C=O) groups excluding carboxylic acids is 1. The highest BCUT2D eigenvalue weighted by Crippen LogP contribution is 2.25. The van der Waals surface area contributed by atoms with Crippen molar-refractivity contribution in [2.75, 3.05) is 39.9 Å². The second kappa shape index (κ2) is 7.78. The van der Waals surface area contributed by atoms with Gasteiger partial charge in [-0.2, -0.15) is 13.2 Å². The maximum Gasteiger partial charge on any atom is 0.411 e. The van der Waals surface area contributed by atoms with Crippen LogP contribution < -0.4 is 5.32 Å². The first-order valence-corrected chi connectivity index (χ1v) is 7.51. The van der Waals surface area contributed by atoms with E-state index >= 15 is 0 Å². The summed E-state index contributed by atoms with van der Waals surface area (Å²) in [5.74, 6) is 0.701. The Morgan fingerprint density at radius 3 is 2.83 bits per heavy atom. The molecule has 0 unspecified atom stereocenters. The van der Waals surface area contributed by atoms with E-state index in [1.165, 1.54) is 6.20 Å². The van der Waals surface area contributed by atoms with Crippen molar-refractivity contribution in [1.82, 2.24) is 20.2 Å². The molecule has 1 saturated heterocycles. The summed E-state index contributed by atoms with van der Waals surface area (Å²) in [5, 5.41) is 2.50. The lowest BCUT2D eigenvalue weighted by Crippen LogP contribution is -2.30. The number of carbonyl (C=O) groups is 1. The van der Waals surface area contributed by atoms with E-state index in [4.69, 9.17) is 0 Å². The minimum Gasteiger partial charge on any atom is -0.370 e. The summed E-state index contributed by atoms with van der Waals surface area (Å²) < 4.78 is 40.1. The fraction of sp³-hybridized carbons (Fsp3) is 0.714. The van der Waals surface area contributed by atoms with Crippen LogP contribution in [0.5, 0.6) is 0 Å². The molecule has 0 aliphatic carbocycles. The van der Waals surface area contributed by atoms with Crippen LogP contribution in [0, 0.1) is 0 Å². The van der Waals surface area contributed by atoms with Crippen LogP contribution in [-0.4, -0.2) is 66.8 Å². The number of nitrogens with one attached hydrogen (secondary N) is 2. The van der Waals surface area contributed by atoms with Gasteiger partial charge in [-0.15, -0.1) is 0 Å². The molecule has 2 rings (SSSR count). The predicted octanol–water partition coefficient (Wildman–Crippen LogP) is 1.53. The van der Waals surface area contributed by atoms with Crippen LogP contribution >= 0.6 is 0 Å². The van der Waals surface area contributed by atoms with E-state index in [0.29, 0.717) is 11.6 Å². The number of aromatic nitrogens is 2. The Balaban J connectivity index is 1.73. The molecule has 1 aliphatic rings. The Kier molecular flexibility index (Phi) is 6.00. The van der Waals surface area contributed by atoms with Gasteiger partial charge in [0.2, 0.25) is 0 Å². The maximum atomic E-state index is 11.9. The Morgan fingerprint density at radius 2 is 2.17 bits per heavy atom. The summed E-state index contributed by atoms with van der Waals surface area (Å²) in [6.07, 6.45) is -0.928. The van der Waals surface area contributed by atoms with Gasteiger partial charge in [0.05, 0.1) is 12.8 Å². The van der Waals surface area contributed by atoms with Gasteiger partial charge in [-0.25, -0.2) is 4.98 Å². The van der Waals surface area contributed by atoms with Gasteiger partial charge >= 0.3 is 6.18 Å². The van der Waals surface area contributed by atoms with E-state index in [1.54, 1.807) is 0 Å². The number of nitrogens with zero attached hydrogens (tertiary/aromatic N) is 2. The highest BCUT2D eigenvalue weighted by molar-refractivity contribution is 5.92. The standard InChI is InChI=1S/C14H21F3N4O2/c1-21-5-2-10(3-6-21)12-19-8-11(20-12)13(22)18-4-7-23-9-14(15,16)17/h8,10H,2-7,9H2,1H3,(H,18,22)(H,19,20). The summed E-state index contributed by atoms with van der Waals surface area (Å²) in [7, 11) is 2.07. The van der Waals surface area contributed by atoms with Crippen molar-refractivity contribution in [3.63, 3.8) is 0 Å². The topological polar surface area (TPSA) is 70.2 Å². The SMILES string of the molecule is CN1CCC(c2ncc(C(=O)NCCOCC(F)(F)F)[nH]2)CC1. The van der Waals surface area contributed by atoms with E-state index < -0.39 is 18.7 Å². The molecule has 130 valence electrons. The van der Waals surface area contributed by atoms with Crippen molar-refractivity contribution in [2.24, 2.45) is 0 Å². The summed E-state index contributed by atoms with van der Waals surface area (Å²) in [6, 6.07) is 0. The predicted molar refractivity (Wildman–Crippen MR) is 77.3 cm³/mol. The first-order valence-electron chi connectivity index (χ1n) is 7.51. The van der Waals surface area contributed by atoms with Crippen LogP contribution in [0.25, 0.3) is 0 Å². The number of likely N-dealkylation sites (tertiary alicyclic amines) is 1. The molecule has 1 aromatic rings. The quantitative estimate of drug-likeness (QED) is 0.774. The molecular weight excluding hydrogens is 313 g/mol. The second-order valence-electron chi connectivity index (χ2n) is 5.68. The Morgan fingerprint density at radius 1 is 1.48 bits per heavy atom. The molecule has 0 spiro atoms.